The number of imidazole rings is 1. The first-order valence-electron chi connectivity index (χ1n) is 7.39. The molecule has 22 heavy (non-hydrogen) atoms. The van der Waals surface area contributed by atoms with Crippen molar-refractivity contribution < 1.29 is 0 Å². The maximum Gasteiger partial charge on any atom is 0.0951 e. The Morgan fingerprint density at radius 2 is 1.91 bits per heavy atom. The van der Waals surface area contributed by atoms with Crippen molar-refractivity contribution in [2.45, 2.75) is 18.5 Å². The molecule has 0 saturated carbocycles. The molecule has 4 rings (SSSR count). The quantitative estimate of drug-likeness (QED) is 0.744. The summed E-state index contributed by atoms with van der Waals surface area (Å²) in [5.74, 6) is 0. The third-order valence-electron chi connectivity index (χ3n) is 4.27. The van der Waals surface area contributed by atoms with E-state index in [4.69, 9.17) is 11.6 Å². The summed E-state index contributed by atoms with van der Waals surface area (Å²) in [5.41, 5.74) is 3.75. The van der Waals surface area contributed by atoms with Gasteiger partial charge < -0.3 is 9.88 Å². The Balaban J connectivity index is 1.75. The van der Waals surface area contributed by atoms with Crippen molar-refractivity contribution in [1.82, 2.24) is 9.55 Å². The Kier molecular flexibility index (Phi) is 3.35. The fourth-order valence-corrected chi connectivity index (χ4v) is 3.29. The molecule has 4 heteroatoms. The molecule has 110 valence electrons. The second-order valence-electron chi connectivity index (χ2n) is 5.60. The van der Waals surface area contributed by atoms with Crippen LogP contribution in [0.25, 0.3) is 0 Å². The van der Waals surface area contributed by atoms with Crippen LogP contribution in [0.15, 0.2) is 67.3 Å². The van der Waals surface area contributed by atoms with Crippen LogP contribution < -0.4 is 5.32 Å². The predicted molar refractivity (Wildman–Crippen MR) is 89.2 cm³/mol. The molecule has 1 N–H and O–H groups in total. The number of hydrogen-bond acceptors (Lipinski definition) is 2. The minimum Gasteiger partial charge on any atom is -0.378 e. The van der Waals surface area contributed by atoms with E-state index < -0.39 is 0 Å². The molecule has 3 nitrogen and oxygen atoms in total. The van der Waals surface area contributed by atoms with Crippen LogP contribution in [0.3, 0.4) is 0 Å². The fourth-order valence-electron chi connectivity index (χ4n) is 3.17. The maximum absolute atomic E-state index is 6.01. The Labute approximate surface area is 134 Å². The van der Waals surface area contributed by atoms with E-state index >= 15 is 0 Å². The first-order chi connectivity index (χ1) is 10.8. The van der Waals surface area contributed by atoms with Gasteiger partial charge in [0.1, 0.15) is 0 Å². The molecular weight excluding hydrogens is 294 g/mol. The highest BCUT2D eigenvalue weighted by molar-refractivity contribution is 6.30. The Bertz CT molecular complexity index is 765. The van der Waals surface area contributed by atoms with Gasteiger partial charge in [-0.15, -0.1) is 0 Å². The molecule has 0 spiro atoms. The summed E-state index contributed by atoms with van der Waals surface area (Å²) in [6.07, 6.45) is 6.74. The molecule has 2 aromatic carbocycles. The zero-order valence-corrected chi connectivity index (χ0v) is 12.7. The van der Waals surface area contributed by atoms with E-state index in [1.807, 2.05) is 30.9 Å². The number of anilines is 1. The van der Waals surface area contributed by atoms with Crippen LogP contribution in [0.4, 0.5) is 5.69 Å². The Morgan fingerprint density at radius 1 is 1.09 bits per heavy atom. The average molecular weight is 310 g/mol. The lowest BCUT2D eigenvalue weighted by Gasteiger charge is -2.34. The fraction of sp³-hybridized carbons (Fsp3) is 0.167. The van der Waals surface area contributed by atoms with E-state index in [2.05, 4.69) is 51.3 Å². The molecule has 1 aliphatic heterocycles. The van der Waals surface area contributed by atoms with E-state index in [9.17, 15) is 0 Å². The highest BCUT2D eigenvalue weighted by atomic mass is 35.5. The third-order valence-corrected chi connectivity index (χ3v) is 4.52. The largest absolute Gasteiger partial charge is 0.378 e. The zero-order chi connectivity index (χ0) is 14.9. The van der Waals surface area contributed by atoms with Gasteiger partial charge in [-0.2, -0.15) is 0 Å². The monoisotopic (exact) mass is 309 g/mol. The van der Waals surface area contributed by atoms with Crippen LogP contribution >= 0.6 is 11.6 Å². The van der Waals surface area contributed by atoms with Crippen LogP contribution in [0.5, 0.6) is 0 Å². The molecular formula is C18H16ClN3. The van der Waals surface area contributed by atoms with Gasteiger partial charge in [0.2, 0.25) is 0 Å². The van der Waals surface area contributed by atoms with Crippen LogP contribution in [0, 0.1) is 0 Å². The molecule has 0 amide bonds. The van der Waals surface area contributed by atoms with Crippen molar-refractivity contribution in [1.29, 1.82) is 0 Å². The number of nitrogens with one attached hydrogen (secondary N) is 1. The van der Waals surface area contributed by atoms with Crippen molar-refractivity contribution in [3.63, 3.8) is 0 Å². The minimum atomic E-state index is 0.263. The highest BCUT2D eigenvalue weighted by Gasteiger charge is 2.28. The summed E-state index contributed by atoms with van der Waals surface area (Å²) >= 11 is 6.01. The Hall–Kier alpha value is -2.26. The molecule has 2 atom stereocenters. The number of fused-ring (bicyclic) bond motifs is 1. The van der Waals surface area contributed by atoms with Crippen LogP contribution in [-0.4, -0.2) is 9.55 Å². The molecule has 3 aromatic rings. The highest BCUT2D eigenvalue weighted by Crippen LogP contribution is 2.40. The summed E-state index contributed by atoms with van der Waals surface area (Å²) in [5, 5.41) is 4.42. The van der Waals surface area contributed by atoms with Gasteiger partial charge in [-0.3, -0.25) is 0 Å². The lowest BCUT2D eigenvalue weighted by atomic mass is 9.89. The van der Waals surface area contributed by atoms with E-state index in [1.165, 1.54) is 16.8 Å². The normalized spacial score (nSPS) is 20.2. The van der Waals surface area contributed by atoms with E-state index in [0.717, 1.165) is 11.4 Å². The smallest absolute Gasteiger partial charge is 0.0951 e. The number of aromatic nitrogens is 2. The van der Waals surface area contributed by atoms with Crippen molar-refractivity contribution >= 4 is 17.3 Å². The maximum atomic E-state index is 6.01. The molecule has 2 heterocycles. The number of benzene rings is 2. The molecule has 0 fully saturated rings. The SMILES string of the molecule is Clc1ccc(C2CC(n3ccnc3)c3ccccc3N2)cc1. The molecule has 1 aromatic heterocycles. The second kappa shape index (κ2) is 5.50. The van der Waals surface area contributed by atoms with Crippen LogP contribution in [0.2, 0.25) is 5.02 Å². The van der Waals surface area contributed by atoms with Crippen LogP contribution in [-0.2, 0) is 0 Å². The van der Waals surface area contributed by atoms with Gasteiger partial charge in [-0.25, -0.2) is 4.98 Å². The van der Waals surface area contributed by atoms with Crippen LogP contribution in [0.1, 0.15) is 29.6 Å². The standard InChI is InChI=1S/C18H16ClN3/c19-14-7-5-13(6-8-14)17-11-18(22-10-9-20-12-22)15-3-1-2-4-16(15)21-17/h1-10,12,17-18,21H,11H2. The molecule has 2 unspecified atom stereocenters. The van der Waals surface area contributed by atoms with Gasteiger partial charge in [-0.05, 0) is 35.7 Å². The number of nitrogens with zero attached hydrogens (tertiary/aromatic N) is 2. The van der Waals surface area contributed by atoms with Crippen molar-refractivity contribution in [2.75, 3.05) is 5.32 Å². The average Bonchev–Trinajstić information content (AvgIpc) is 3.09. The summed E-state index contributed by atoms with van der Waals surface area (Å²) in [6.45, 7) is 0. The summed E-state index contributed by atoms with van der Waals surface area (Å²) in [7, 11) is 0. The molecule has 1 aliphatic rings. The zero-order valence-electron chi connectivity index (χ0n) is 12.0. The van der Waals surface area contributed by atoms with Gasteiger partial charge >= 0.3 is 0 Å². The molecule has 0 bridgehead atoms. The summed E-state index contributed by atoms with van der Waals surface area (Å²) in [4.78, 5) is 4.20. The van der Waals surface area contributed by atoms with E-state index in [0.29, 0.717) is 6.04 Å². The number of halogens is 1. The first kappa shape index (κ1) is 13.4. The molecule has 0 radical (unpaired) electrons. The number of para-hydroxylation sites is 1. The Morgan fingerprint density at radius 3 is 2.68 bits per heavy atom. The van der Waals surface area contributed by atoms with E-state index in [-0.39, 0.29) is 6.04 Å². The van der Waals surface area contributed by atoms with Crippen molar-refractivity contribution in [3.05, 3.63) is 83.4 Å². The summed E-state index contributed by atoms with van der Waals surface area (Å²) in [6, 6.07) is 17.1. The van der Waals surface area contributed by atoms with Crippen molar-refractivity contribution in [2.24, 2.45) is 0 Å². The third kappa shape index (κ3) is 2.38. The first-order valence-corrected chi connectivity index (χ1v) is 7.77. The number of hydrogen-bond donors (Lipinski definition) is 1. The van der Waals surface area contributed by atoms with Crippen molar-refractivity contribution in [3.8, 4) is 0 Å². The minimum absolute atomic E-state index is 0.263. The van der Waals surface area contributed by atoms with Gasteiger partial charge in [-0.1, -0.05) is 41.9 Å². The second-order valence-corrected chi connectivity index (χ2v) is 6.03. The van der Waals surface area contributed by atoms with Gasteiger partial charge in [0.05, 0.1) is 18.4 Å². The topological polar surface area (TPSA) is 29.9 Å². The molecule has 0 aliphatic carbocycles. The lowest BCUT2D eigenvalue weighted by molar-refractivity contribution is 0.484. The molecule has 0 saturated heterocycles. The predicted octanol–water partition coefficient (Wildman–Crippen LogP) is 4.68. The van der Waals surface area contributed by atoms with E-state index in [1.54, 1.807) is 0 Å². The number of rotatable bonds is 2. The van der Waals surface area contributed by atoms with Gasteiger partial charge in [0.15, 0.2) is 0 Å². The lowest BCUT2D eigenvalue weighted by Crippen LogP contribution is -2.25. The summed E-state index contributed by atoms with van der Waals surface area (Å²) < 4.78 is 2.18. The van der Waals surface area contributed by atoms with Gasteiger partial charge in [0, 0.05) is 23.1 Å². The van der Waals surface area contributed by atoms with Gasteiger partial charge in [0.25, 0.3) is 0 Å².